The molecule has 0 aromatic heterocycles. The second-order valence-corrected chi connectivity index (χ2v) is 5.32. The van der Waals surface area contributed by atoms with Gasteiger partial charge in [0.1, 0.15) is 5.82 Å². The van der Waals surface area contributed by atoms with Crippen LogP contribution in [0.2, 0.25) is 5.02 Å². The molecule has 0 bridgehead atoms. The van der Waals surface area contributed by atoms with Gasteiger partial charge >= 0.3 is 0 Å². The van der Waals surface area contributed by atoms with Crippen molar-refractivity contribution in [2.75, 3.05) is 13.1 Å². The third kappa shape index (κ3) is 3.18. The number of hydrogen-bond acceptors (Lipinski definition) is 2. The molecule has 0 spiro atoms. The summed E-state index contributed by atoms with van der Waals surface area (Å²) in [5, 5.41) is 0.183. The minimum Gasteiger partial charge on any atom is -0.327 e. The Morgan fingerprint density at radius 3 is 2.94 bits per heavy atom. The molecule has 0 saturated carbocycles. The van der Waals surface area contributed by atoms with Gasteiger partial charge in [-0.15, -0.1) is 0 Å². The second kappa shape index (κ2) is 5.34. The summed E-state index contributed by atoms with van der Waals surface area (Å²) in [6.07, 6.45) is 1.01. The fourth-order valence-electron chi connectivity index (χ4n) is 2.29. The first kappa shape index (κ1) is 12.8. The summed E-state index contributed by atoms with van der Waals surface area (Å²) in [4.78, 5) is 2.32. The molecule has 1 aromatic rings. The summed E-state index contributed by atoms with van der Waals surface area (Å²) in [7, 11) is 0. The van der Waals surface area contributed by atoms with Crippen molar-refractivity contribution < 1.29 is 4.39 Å². The van der Waals surface area contributed by atoms with Crippen LogP contribution in [0.1, 0.15) is 18.9 Å². The van der Waals surface area contributed by atoms with Gasteiger partial charge < -0.3 is 5.73 Å². The van der Waals surface area contributed by atoms with E-state index in [4.69, 9.17) is 17.3 Å². The first-order valence-corrected chi connectivity index (χ1v) is 6.36. The summed E-state index contributed by atoms with van der Waals surface area (Å²) in [6.45, 7) is 4.89. The minimum absolute atomic E-state index is 0.183. The van der Waals surface area contributed by atoms with E-state index in [2.05, 4.69) is 11.8 Å². The third-order valence-corrected chi connectivity index (χ3v) is 3.75. The van der Waals surface area contributed by atoms with E-state index >= 15 is 0 Å². The number of halogens is 2. The van der Waals surface area contributed by atoms with E-state index in [1.165, 1.54) is 6.07 Å². The number of benzene rings is 1. The lowest BCUT2D eigenvalue weighted by Gasteiger charge is -2.35. The summed E-state index contributed by atoms with van der Waals surface area (Å²) in [5.41, 5.74) is 6.94. The maximum Gasteiger partial charge on any atom is 0.142 e. The molecule has 2 unspecified atom stereocenters. The maximum atomic E-state index is 13.3. The minimum atomic E-state index is -0.342. The van der Waals surface area contributed by atoms with E-state index in [9.17, 15) is 4.39 Å². The average molecular weight is 257 g/mol. The van der Waals surface area contributed by atoms with Crippen LogP contribution in [-0.4, -0.2) is 24.0 Å². The molecule has 1 aromatic carbocycles. The van der Waals surface area contributed by atoms with Crippen molar-refractivity contribution in [1.82, 2.24) is 4.90 Å². The summed E-state index contributed by atoms with van der Waals surface area (Å²) in [5.74, 6) is 0.159. The van der Waals surface area contributed by atoms with Crippen molar-refractivity contribution in [3.63, 3.8) is 0 Å². The Balaban J connectivity index is 1.99. The van der Waals surface area contributed by atoms with Gasteiger partial charge in [0.15, 0.2) is 0 Å². The molecular formula is C13H18ClFN2. The first-order chi connectivity index (χ1) is 8.06. The van der Waals surface area contributed by atoms with Crippen molar-refractivity contribution in [2.24, 2.45) is 11.7 Å². The Morgan fingerprint density at radius 2 is 2.29 bits per heavy atom. The van der Waals surface area contributed by atoms with Gasteiger partial charge in [0, 0.05) is 19.1 Å². The Bertz CT molecular complexity index is 397. The third-order valence-electron chi connectivity index (χ3n) is 3.45. The van der Waals surface area contributed by atoms with Gasteiger partial charge in [-0.1, -0.05) is 24.6 Å². The fourth-order valence-corrected chi connectivity index (χ4v) is 2.41. The zero-order valence-electron chi connectivity index (χ0n) is 10.00. The van der Waals surface area contributed by atoms with Gasteiger partial charge in [0.05, 0.1) is 5.02 Å². The van der Waals surface area contributed by atoms with Gasteiger partial charge in [-0.05, 0) is 36.6 Å². The summed E-state index contributed by atoms with van der Waals surface area (Å²) < 4.78 is 13.3. The van der Waals surface area contributed by atoms with Crippen LogP contribution in [-0.2, 0) is 6.54 Å². The van der Waals surface area contributed by atoms with Gasteiger partial charge in [-0.2, -0.15) is 0 Å². The number of nitrogens with two attached hydrogens (primary N) is 1. The molecule has 1 aliphatic heterocycles. The van der Waals surface area contributed by atoms with Crippen molar-refractivity contribution in [3.8, 4) is 0 Å². The molecular weight excluding hydrogens is 239 g/mol. The Hall–Kier alpha value is -0.640. The summed E-state index contributed by atoms with van der Waals surface area (Å²) in [6, 6.07) is 5.31. The molecule has 1 saturated heterocycles. The topological polar surface area (TPSA) is 29.3 Å². The molecule has 1 fully saturated rings. The van der Waals surface area contributed by atoms with Crippen molar-refractivity contribution >= 4 is 11.6 Å². The molecule has 94 valence electrons. The highest BCUT2D eigenvalue weighted by atomic mass is 35.5. The molecule has 0 radical (unpaired) electrons. The number of likely N-dealkylation sites (tertiary alicyclic amines) is 1. The molecule has 2 rings (SSSR count). The van der Waals surface area contributed by atoms with Gasteiger partial charge in [-0.3, -0.25) is 4.90 Å². The molecule has 2 N–H and O–H groups in total. The van der Waals surface area contributed by atoms with Gasteiger partial charge in [-0.25, -0.2) is 4.39 Å². The predicted molar refractivity (Wildman–Crippen MR) is 68.4 cm³/mol. The number of piperidine rings is 1. The van der Waals surface area contributed by atoms with E-state index < -0.39 is 0 Å². The Labute approximate surface area is 107 Å². The highest BCUT2D eigenvalue weighted by Gasteiger charge is 2.22. The van der Waals surface area contributed by atoms with E-state index in [1.54, 1.807) is 6.07 Å². The SMILES string of the molecule is CC1CN(Cc2ccc(Cl)c(F)c2)CCC1N. The number of hydrogen-bond donors (Lipinski definition) is 1. The molecule has 2 atom stereocenters. The number of nitrogens with zero attached hydrogens (tertiary/aromatic N) is 1. The smallest absolute Gasteiger partial charge is 0.142 e. The fraction of sp³-hybridized carbons (Fsp3) is 0.538. The van der Waals surface area contributed by atoms with E-state index in [1.807, 2.05) is 6.07 Å². The number of rotatable bonds is 2. The maximum absolute atomic E-state index is 13.3. The zero-order chi connectivity index (χ0) is 12.4. The standard InChI is InChI=1S/C13H18ClFN2/c1-9-7-17(5-4-13(9)16)8-10-2-3-11(14)12(15)6-10/h2-3,6,9,13H,4-5,7-8,16H2,1H3. The van der Waals surface area contributed by atoms with E-state index in [0.29, 0.717) is 12.0 Å². The van der Waals surface area contributed by atoms with Crippen LogP contribution in [0.4, 0.5) is 4.39 Å². The lowest BCUT2D eigenvalue weighted by Crippen LogP contribution is -2.45. The van der Waals surface area contributed by atoms with Crippen LogP contribution in [0.5, 0.6) is 0 Å². The highest BCUT2D eigenvalue weighted by Crippen LogP contribution is 2.20. The highest BCUT2D eigenvalue weighted by molar-refractivity contribution is 6.30. The summed E-state index contributed by atoms with van der Waals surface area (Å²) >= 11 is 5.66. The van der Waals surface area contributed by atoms with Crippen LogP contribution in [0.25, 0.3) is 0 Å². The molecule has 1 heterocycles. The van der Waals surface area contributed by atoms with Crippen molar-refractivity contribution in [3.05, 3.63) is 34.6 Å². The predicted octanol–water partition coefficient (Wildman–Crippen LogP) is 2.65. The van der Waals surface area contributed by atoms with Crippen LogP contribution >= 0.6 is 11.6 Å². The molecule has 17 heavy (non-hydrogen) atoms. The molecule has 0 aliphatic carbocycles. The van der Waals surface area contributed by atoms with Gasteiger partial charge in [0.25, 0.3) is 0 Å². The van der Waals surface area contributed by atoms with E-state index in [-0.39, 0.29) is 10.8 Å². The molecule has 1 aliphatic rings. The zero-order valence-corrected chi connectivity index (χ0v) is 10.8. The normalized spacial score (nSPS) is 26.1. The lowest BCUT2D eigenvalue weighted by molar-refractivity contribution is 0.157. The molecule has 0 amide bonds. The Kier molecular flexibility index (Phi) is 4.02. The Morgan fingerprint density at radius 1 is 1.53 bits per heavy atom. The quantitative estimate of drug-likeness (QED) is 0.882. The molecule has 2 nitrogen and oxygen atoms in total. The van der Waals surface area contributed by atoms with Crippen LogP contribution < -0.4 is 5.73 Å². The van der Waals surface area contributed by atoms with Crippen molar-refractivity contribution in [1.29, 1.82) is 0 Å². The van der Waals surface area contributed by atoms with Gasteiger partial charge in [0.2, 0.25) is 0 Å². The van der Waals surface area contributed by atoms with Crippen molar-refractivity contribution in [2.45, 2.75) is 25.9 Å². The van der Waals surface area contributed by atoms with Crippen LogP contribution in [0, 0.1) is 11.7 Å². The lowest BCUT2D eigenvalue weighted by atomic mass is 9.94. The average Bonchev–Trinajstić information content (AvgIpc) is 2.29. The van der Waals surface area contributed by atoms with Crippen LogP contribution in [0.15, 0.2) is 18.2 Å². The monoisotopic (exact) mass is 256 g/mol. The van der Waals surface area contributed by atoms with Crippen LogP contribution in [0.3, 0.4) is 0 Å². The first-order valence-electron chi connectivity index (χ1n) is 5.98. The molecule has 4 heteroatoms. The van der Waals surface area contributed by atoms with E-state index in [0.717, 1.165) is 31.6 Å². The largest absolute Gasteiger partial charge is 0.327 e. The second-order valence-electron chi connectivity index (χ2n) is 4.91.